The fraction of sp³-hybridized carbons (Fsp3) is 0.667. The van der Waals surface area contributed by atoms with Crippen molar-refractivity contribution in [3.8, 4) is 0 Å². The maximum atomic E-state index is 11.2. The first-order valence-electron chi connectivity index (χ1n) is 6.39. The van der Waals surface area contributed by atoms with Crippen molar-refractivity contribution in [2.75, 3.05) is 24.3 Å². The number of nitrogens with one attached hydrogen (secondary N) is 1. The van der Waals surface area contributed by atoms with E-state index in [1.165, 1.54) is 12.8 Å². The lowest BCUT2D eigenvalue weighted by molar-refractivity contribution is -0.385. The normalized spacial score (nSPS) is 16.0. The lowest BCUT2D eigenvalue weighted by Crippen LogP contribution is -2.32. The summed E-state index contributed by atoms with van der Waals surface area (Å²) >= 11 is 0. The minimum atomic E-state index is -0.403. The average molecular weight is 265 g/mol. The summed E-state index contributed by atoms with van der Waals surface area (Å²) in [6.07, 6.45) is 2.37. The van der Waals surface area contributed by atoms with E-state index in [9.17, 15) is 10.1 Å². The van der Waals surface area contributed by atoms with E-state index in [0.717, 1.165) is 0 Å². The van der Waals surface area contributed by atoms with Crippen LogP contribution in [0.2, 0.25) is 0 Å². The van der Waals surface area contributed by atoms with Crippen molar-refractivity contribution < 1.29 is 4.92 Å². The highest BCUT2D eigenvalue weighted by molar-refractivity contribution is 5.62. The Balaban J connectivity index is 2.45. The van der Waals surface area contributed by atoms with Crippen LogP contribution >= 0.6 is 0 Å². The van der Waals surface area contributed by atoms with Crippen molar-refractivity contribution >= 4 is 17.5 Å². The van der Waals surface area contributed by atoms with Crippen molar-refractivity contribution in [3.05, 3.63) is 15.8 Å². The Kier molecular flexibility index (Phi) is 3.55. The number of aryl methyl sites for hydroxylation is 1. The maximum absolute atomic E-state index is 11.2. The van der Waals surface area contributed by atoms with Gasteiger partial charge in [0, 0.05) is 20.1 Å². The van der Waals surface area contributed by atoms with Gasteiger partial charge >= 0.3 is 5.69 Å². The molecule has 1 fully saturated rings. The molecule has 0 amide bonds. The molecular formula is C12H19N5O2. The largest absolute Gasteiger partial charge is 0.357 e. The number of anilines is 2. The molecule has 1 aromatic heterocycles. The number of nitro groups is 1. The highest BCUT2D eigenvalue weighted by Crippen LogP contribution is 2.38. The summed E-state index contributed by atoms with van der Waals surface area (Å²) in [5.74, 6) is 1.41. The van der Waals surface area contributed by atoms with Crippen molar-refractivity contribution in [3.63, 3.8) is 0 Å². The topological polar surface area (TPSA) is 84.2 Å². The zero-order valence-corrected chi connectivity index (χ0v) is 11.7. The minimum absolute atomic E-state index is 0.00556. The van der Waals surface area contributed by atoms with Crippen LogP contribution in [0, 0.1) is 23.0 Å². The summed E-state index contributed by atoms with van der Waals surface area (Å²) in [6.45, 7) is 3.72. The third kappa shape index (κ3) is 2.59. The molecule has 7 nitrogen and oxygen atoms in total. The molecule has 2 rings (SSSR count). The van der Waals surface area contributed by atoms with Gasteiger partial charge in [-0.2, -0.15) is 4.98 Å². The molecule has 7 heteroatoms. The van der Waals surface area contributed by atoms with Gasteiger partial charge in [0.2, 0.25) is 11.8 Å². The molecule has 19 heavy (non-hydrogen) atoms. The molecule has 1 N–H and O–H groups in total. The second-order valence-electron chi connectivity index (χ2n) is 5.00. The molecule has 0 aliphatic heterocycles. The summed E-state index contributed by atoms with van der Waals surface area (Å²) in [6, 6.07) is 0.248. The Hall–Kier alpha value is -1.92. The Bertz CT molecular complexity index is 501. The molecule has 0 spiro atoms. The molecule has 0 aromatic carbocycles. The number of hydrogen-bond acceptors (Lipinski definition) is 6. The van der Waals surface area contributed by atoms with E-state index in [0.29, 0.717) is 23.4 Å². The van der Waals surface area contributed by atoms with Gasteiger partial charge in [0.25, 0.3) is 0 Å². The smallest absolute Gasteiger partial charge is 0.332 e. The molecule has 0 bridgehead atoms. The molecule has 1 saturated carbocycles. The molecule has 104 valence electrons. The van der Waals surface area contributed by atoms with Gasteiger partial charge in [-0.05, 0) is 32.6 Å². The monoisotopic (exact) mass is 265 g/mol. The summed E-state index contributed by atoms with van der Waals surface area (Å²) in [4.78, 5) is 21.1. The fourth-order valence-electron chi connectivity index (χ4n) is 2.21. The first-order valence-corrected chi connectivity index (χ1v) is 6.39. The second kappa shape index (κ2) is 4.99. The van der Waals surface area contributed by atoms with Gasteiger partial charge in [0.1, 0.15) is 5.69 Å². The molecule has 1 unspecified atom stereocenters. The van der Waals surface area contributed by atoms with Crippen LogP contribution in [-0.2, 0) is 0 Å². The van der Waals surface area contributed by atoms with E-state index in [1.54, 1.807) is 14.0 Å². The number of aromatic nitrogens is 2. The van der Waals surface area contributed by atoms with Gasteiger partial charge in [-0.1, -0.05) is 0 Å². The Morgan fingerprint density at radius 1 is 1.47 bits per heavy atom. The summed E-state index contributed by atoms with van der Waals surface area (Å²) in [5, 5.41) is 14.1. The predicted octanol–water partition coefficient (Wildman–Crippen LogP) is 1.97. The van der Waals surface area contributed by atoms with E-state index in [4.69, 9.17) is 0 Å². The molecule has 1 atom stereocenters. The minimum Gasteiger partial charge on any atom is -0.357 e. The van der Waals surface area contributed by atoms with Crippen molar-refractivity contribution in [2.45, 2.75) is 32.7 Å². The first-order chi connectivity index (χ1) is 8.95. The van der Waals surface area contributed by atoms with Gasteiger partial charge in [0.05, 0.1) is 4.92 Å². The maximum Gasteiger partial charge on any atom is 0.332 e. The molecule has 1 heterocycles. The standard InChI is InChI=1S/C12H19N5O2/c1-7-10(17(18)19)11(15-12(13-3)14-7)16(4)8(2)9-5-6-9/h8-9H,5-6H2,1-4H3,(H,13,14,15). The number of nitrogens with zero attached hydrogens (tertiary/aromatic N) is 4. The quantitative estimate of drug-likeness (QED) is 0.647. The molecular weight excluding hydrogens is 246 g/mol. The van der Waals surface area contributed by atoms with Crippen LogP contribution < -0.4 is 10.2 Å². The Morgan fingerprint density at radius 3 is 2.58 bits per heavy atom. The third-order valence-electron chi connectivity index (χ3n) is 3.70. The Morgan fingerprint density at radius 2 is 2.11 bits per heavy atom. The van der Waals surface area contributed by atoms with E-state index in [-0.39, 0.29) is 11.7 Å². The second-order valence-corrected chi connectivity index (χ2v) is 5.00. The van der Waals surface area contributed by atoms with Crippen LogP contribution in [0.25, 0.3) is 0 Å². The van der Waals surface area contributed by atoms with Crippen molar-refractivity contribution in [1.29, 1.82) is 0 Å². The van der Waals surface area contributed by atoms with Gasteiger partial charge < -0.3 is 10.2 Å². The van der Waals surface area contributed by atoms with Crippen LogP contribution in [0.3, 0.4) is 0 Å². The van der Waals surface area contributed by atoms with E-state index in [1.807, 2.05) is 11.9 Å². The highest BCUT2D eigenvalue weighted by Gasteiger charge is 2.34. The molecule has 1 aliphatic rings. The zero-order chi connectivity index (χ0) is 14.2. The van der Waals surface area contributed by atoms with Gasteiger partial charge in [-0.15, -0.1) is 0 Å². The Labute approximate surface area is 112 Å². The van der Waals surface area contributed by atoms with E-state index in [2.05, 4.69) is 22.2 Å². The van der Waals surface area contributed by atoms with Crippen molar-refractivity contribution in [2.24, 2.45) is 5.92 Å². The molecule has 1 aromatic rings. The lowest BCUT2D eigenvalue weighted by Gasteiger charge is -2.26. The lowest BCUT2D eigenvalue weighted by atomic mass is 10.2. The van der Waals surface area contributed by atoms with Gasteiger partial charge in [0.15, 0.2) is 0 Å². The van der Waals surface area contributed by atoms with Crippen LogP contribution in [0.15, 0.2) is 0 Å². The van der Waals surface area contributed by atoms with Crippen LogP contribution in [0.4, 0.5) is 17.5 Å². The average Bonchev–Trinajstić information content (AvgIpc) is 3.19. The molecule has 0 saturated heterocycles. The molecule has 1 aliphatic carbocycles. The zero-order valence-electron chi connectivity index (χ0n) is 11.7. The molecule has 0 radical (unpaired) electrons. The highest BCUT2D eigenvalue weighted by atomic mass is 16.6. The predicted molar refractivity (Wildman–Crippen MR) is 73.6 cm³/mol. The third-order valence-corrected chi connectivity index (χ3v) is 3.70. The summed E-state index contributed by atoms with van der Waals surface area (Å²) in [7, 11) is 3.56. The van der Waals surface area contributed by atoms with Crippen molar-refractivity contribution in [1.82, 2.24) is 9.97 Å². The van der Waals surface area contributed by atoms with Crippen LogP contribution in [0.5, 0.6) is 0 Å². The van der Waals surface area contributed by atoms with Gasteiger partial charge in [-0.3, -0.25) is 10.1 Å². The number of hydrogen-bond donors (Lipinski definition) is 1. The van der Waals surface area contributed by atoms with E-state index >= 15 is 0 Å². The first kappa shape index (κ1) is 13.5. The fourth-order valence-corrected chi connectivity index (χ4v) is 2.21. The number of rotatable bonds is 5. The summed E-state index contributed by atoms with van der Waals surface area (Å²) < 4.78 is 0. The van der Waals surface area contributed by atoms with E-state index < -0.39 is 4.92 Å². The van der Waals surface area contributed by atoms with Gasteiger partial charge in [-0.25, -0.2) is 4.98 Å². The van der Waals surface area contributed by atoms with Crippen LogP contribution in [-0.4, -0.2) is 35.0 Å². The van der Waals surface area contributed by atoms with Crippen LogP contribution in [0.1, 0.15) is 25.5 Å². The summed E-state index contributed by atoms with van der Waals surface area (Å²) in [5.41, 5.74) is 0.378. The SMILES string of the molecule is CNc1nc(C)c([N+](=O)[O-])c(N(C)C(C)C2CC2)n1.